The van der Waals surface area contributed by atoms with Gasteiger partial charge in [0, 0.05) is 0 Å². The Hall–Kier alpha value is -0.610. The van der Waals surface area contributed by atoms with E-state index in [1.54, 1.807) is 0 Å². The summed E-state index contributed by atoms with van der Waals surface area (Å²) in [5.41, 5.74) is 3.72. The number of aliphatic hydroxyl groups is 2. The number of rotatable bonds is 3. The van der Waals surface area contributed by atoms with Gasteiger partial charge < -0.3 is 15.9 Å². The summed E-state index contributed by atoms with van der Waals surface area (Å²) >= 11 is 0. The van der Waals surface area contributed by atoms with Crippen LogP contribution in [0.5, 0.6) is 0 Å². The van der Waals surface area contributed by atoms with Crippen molar-refractivity contribution in [2.24, 2.45) is 11.1 Å². The van der Waals surface area contributed by atoms with Gasteiger partial charge in [0.1, 0.15) is 0 Å². The van der Waals surface area contributed by atoms with E-state index in [1.165, 1.54) is 13.8 Å². The average molecular weight is 147 g/mol. The zero-order valence-electron chi connectivity index (χ0n) is 6.16. The van der Waals surface area contributed by atoms with Gasteiger partial charge in [-0.15, -0.1) is 0 Å². The van der Waals surface area contributed by atoms with Crippen LogP contribution in [0, 0.1) is 5.41 Å². The van der Waals surface area contributed by atoms with Crippen molar-refractivity contribution < 1.29 is 15.0 Å². The molecule has 10 heavy (non-hydrogen) atoms. The van der Waals surface area contributed by atoms with E-state index in [-0.39, 0.29) is 0 Å². The van der Waals surface area contributed by atoms with E-state index in [9.17, 15) is 4.79 Å². The maximum absolute atomic E-state index is 10.6. The van der Waals surface area contributed by atoms with Crippen LogP contribution in [0.25, 0.3) is 0 Å². The molecule has 0 saturated heterocycles. The van der Waals surface area contributed by atoms with E-state index in [1.807, 2.05) is 0 Å². The molecule has 0 radical (unpaired) electrons. The molecule has 0 aliphatic heterocycles. The molecule has 0 heterocycles. The summed E-state index contributed by atoms with van der Waals surface area (Å²) in [5.74, 6) is -0.690. The smallest absolute Gasteiger partial charge is 0.228 e. The summed E-state index contributed by atoms with van der Waals surface area (Å²) in [6.45, 7) is 2.40. The molecular formula is C6H13NO3. The Morgan fingerprint density at radius 3 is 2.20 bits per heavy atom. The largest absolute Gasteiger partial charge is 0.395 e. The van der Waals surface area contributed by atoms with Crippen molar-refractivity contribution >= 4 is 5.91 Å². The van der Waals surface area contributed by atoms with Gasteiger partial charge in [0.15, 0.2) is 0 Å². The number of primary amides is 1. The van der Waals surface area contributed by atoms with E-state index in [4.69, 9.17) is 15.9 Å². The lowest BCUT2D eigenvalue weighted by Crippen LogP contribution is -2.45. The molecule has 60 valence electrons. The van der Waals surface area contributed by atoms with Gasteiger partial charge in [-0.05, 0) is 13.8 Å². The minimum atomic E-state index is -1.21. The molecule has 0 rings (SSSR count). The maximum atomic E-state index is 10.6. The third-order valence-corrected chi connectivity index (χ3v) is 1.81. The Morgan fingerprint density at radius 2 is 2.20 bits per heavy atom. The molecule has 4 nitrogen and oxygen atoms in total. The fourth-order valence-corrected chi connectivity index (χ4v) is 0.416. The van der Waals surface area contributed by atoms with Crippen LogP contribution in [-0.4, -0.2) is 28.8 Å². The molecule has 4 N–H and O–H groups in total. The van der Waals surface area contributed by atoms with Gasteiger partial charge in [-0.2, -0.15) is 0 Å². The molecule has 2 unspecified atom stereocenters. The number of carbonyl (C=O) groups excluding carboxylic acids is 1. The van der Waals surface area contributed by atoms with Gasteiger partial charge in [-0.1, -0.05) is 0 Å². The van der Waals surface area contributed by atoms with E-state index in [0.717, 1.165) is 0 Å². The molecule has 0 aromatic carbocycles. The summed E-state index contributed by atoms with van der Waals surface area (Å²) in [6.07, 6.45) is -0.921. The van der Waals surface area contributed by atoms with E-state index in [2.05, 4.69) is 0 Å². The number of hydrogen-bond donors (Lipinski definition) is 3. The average Bonchev–Trinajstić information content (AvgIpc) is 1.85. The van der Waals surface area contributed by atoms with Gasteiger partial charge in [0.25, 0.3) is 0 Å². The van der Waals surface area contributed by atoms with Crippen LogP contribution in [0.4, 0.5) is 0 Å². The zero-order chi connectivity index (χ0) is 8.36. The van der Waals surface area contributed by atoms with Crippen molar-refractivity contribution in [1.29, 1.82) is 0 Å². The van der Waals surface area contributed by atoms with Crippen LogP contribution < -0.4 is 5.73 Å². The first-order chi connectivity index (χ1) is 4.45. The predicted molar refractivity (Wildman–Crippen MR) is 36.1 cm³/mol. The second-order valence-corrected chi connectivity index (χ2v) is 2.62. The van der Waals surface area contributed by atoms with Gasteiger partial charge in [-0.3, -0.25) is 4.79 Å². The Morgan fingerprint density at radius 1 is 1.80 bits per heavy atom. The van der Waals surface area contributed by atoms with Crippen LogP contribution in [0.3, 0.4) is 0 Å². The van der Waals surface area contributed by atoms with Crippen molar-refractivity contribution in [3.05, 3.63) is 0 Å². The van der Waals surface area contributed by atoms with Crippen molar-refractivity contribution in [2.45, 2.75) is 20.0 Å². The summed E-state index contributed by atoms with van der Waals surface area (Å²) in [6, 6.07) is 0. The monoisotopic (exact) mass is 147 g/mol. The summed E-state index contributed by atoms with van der Waals surface area (Å²) in [5, 5.41) is 17.6. The minimum Gasteiger partial charge on any atom is -0.395 e. The first-order valence-corrected chi connectivity index (χ1v) is 3.04. The first-order valence-electron chi connectivity index (χ1n) is 3.04. The van der Waals surface area contributed by atoms with Crippen molar-refractivity contribution in [3.63, 3.8) is 0 Å². The number of aliphatic hydroxyl groups excluding tert-OH is 2. The second-order valence-electron chi connectivity index (χ2n) is 2.62. The summed E-state index contributed by atoms with van der Waals surface area (Å²) in [4.78, 5) is 10.6. The number of carbonyl (C=O) groups is 1. The van der Waals surface area contributed by atoms with Gasteiger partial charge in [0.05, 0.1) is 18.1 Å². The van der Waals surface area contributed by atoms with Crippen LogP contribution in [0.15, 0.2) is 0 Å². The standard InChI is InChI=1S/C6H13NO3/c1-4(9)6(2,3-8)5(7)10/h4,8-9H,3H2,1-2H3,(H2,7,10). The lowest BCUT2D eigenvalue weighted by atomic mass is 9.85. The molecule has 0 saturated carbocycles. The van der Waals surface area contributed by atoms with Crippen LogP contribution >= 0.6 is 0 Å². The third kappa shape index (κ3) is 1.46. The van der Waals surface area contributed by atoms with Crippen LogP contribution in [-0.2, 0) is 4.79 Å². The Bertz CT molecular complexity index is 135. The highest BCUT2D eigenvalue weighted by molar-refractivity contribution is 5.81. The Labute approximate surface area is 59.7 Å². The highest BCUT2D eigenvalue weighted by Gasteiger charge is 2.35. The fraction of sp³-hybridized carbons (Fsp3) is 0.833. The Balaban J connectivity index is 4.38. The molecule has 0 aliphatic carbocycles. The van der Waals surface area contributed by atoms with Gasteiger partial charge in [0.2, 0.25) is 5.91 Å². The second kappa shape index (κ2) is 2.98. The molecule has 0 spiro atoms. The maximum Gasteiger partial charge on any atom is 0.228 e. The highest BCUT2D eigenvalue weighted by Crippen LogP contribution is 2.19. The minimum absolute atomic E-state index is 0.431. The van der Waals surface area contributed by atoms with Gasteiger partial charge >= 0.3 is 0 Å². The lowest BCUT2D eigenvalue weighted by molar-refractivity contribution is -0.135. The molecule has 4 heteroatoms. The van der Waals surface area contributed by atoms with E-state index >= 15 is 0 Å². The number of amides is 1. The normalized spacial score (nSPS) is 19.6. The first kappa shape index (κ1) is 9.39. The number of nitrogens with two attached hydrogens (primary N) is 1. The molecule has 0 aliphatic rings. The molecule has 0 aromatic heterocycles. The molecule has 0 bridgehead atoms. The molecule has 1 amide bonds. The van der Waals surface area contributed by atoms with Crippen LogP contribution in [0.1, 0.15) is 13.8 Å². The number of hydrogen-bond acceptors (Lipinski definition) is 3. The van der Waals surface area contributed by atoms with E-state index < -0.39 is 24.0 Å². The fourth-order valence-electron chi connectivity index (χ4n) is 0.416. The van der Waals surface area contributed by atoms with E-state index in [0.29, 0.717) is 0 Å². The zero-order valence-corrected chi connectivity index (χ0v) is 6.16. The van der Waals surface area contributed by atoms with Crippen molar-refractivity contribution in [3.8, 4) is 0 Å². The molecule has 0 fully saturated rings. The molecule has 0 aromatic rings. The molecular weight excluding hydrogens is 134 g/mol. The summed E-state index contributed by atoms with van der Waals surface area (Å²) in [7, 11) is 0. The predicted octanol–water partition coefficient (Wildman–Crippen LogP) is -1.15. The van der Waals surface area contributed by atoms with Gasteiger partial charge in [-0.25, -0.2) is 0 Å². The summed E-state index contributed by atoms with van der Waals surface area (Å²) < 4.78 is 0. The van der Waals surface area contributed by atoms with Crippen molar-refractivity contribution in [2.75, 3.05) is 6.61 Å². The SMILES string of the molecule is CC(O)C(C)(CO)C(N)=O. The quantitative estimate of drug-likeness (QED) is 0.471. The third-order valence-electron chi connectivity index (χ3n) is 1.81. The molecule has 2 atom stereocenters. The topological polar surface area (TPSA) is 83.6 Å². The van der Waals surface area contributed by atoms with Crippen molar-refractivity contribution in [1.82, 2.24) is 0 Å². The Kier molecular flexibility index (Phi) is 2.80. The van der Waals surface area contributed by atoms with Crippen LogP contribution in [0.2, 0.25) is 0 Å². The lowest BCUT2D eigenvalue weighted by Gasteiger charge is -2.25. The highest BCUT2D eigenvalue weighted by atomic mass is 16.3.